The lowest BCUT2D eigenvalue weighted by Crippen LogP contribution is -2.36. The van der Waals surface area contributed by atoms with Gasteiger partial charge in [-0.05, 0) is 24.5 Å². The molecule has 3 nitrogen and oxygen atoms in total. The number of hydrogen-bond donors (Lipinski definition) is 2. The lowest BCUT2D eigenvalue weighted by atomic mass is 10.1. The lowest BCUT2D eigenvalue weighted by molar-refractivity contribution is 0.521. The predicted molar refractivity (Wildman–Crippen MR) is 48.3 cm³/mol. The summed E-state index contributed by atoms with van der Waals surface area (Å²) in [4.78, 5) is 0. The zero-order valence-electron chi connectivity index (χ0n) is 6.99. The molecule has 1 aromatic rings. The molecular formula is C9H14N2O. The van der Waals surface area contributed by atoms with Crippen molar-refractivity contribution in [2.24, 2.45) is 5.84 Å². The van der Waals surface area contributed by atoms with E-state index < -0.39 is 0 Å². The molecule has 0 fully saturated rings. The first kappa shape index (κ1) is 9.03. The van der Waals surface area contributed by atoms with E-state index in [0.717, 1.165) is 18.4 Å². The van der Waals surface area contributed by atoms with Gasteiger partial charge in [0, 0.05) is 6.04 Å². The van der Waals surface area contributed by atoms with Crippen LogP contribution in [0.2, 0.25) is 0 Å². The first-order valence-electron chi connectivity index (χ1n) is 3.95. The Morgan fingerprint density at radius 3 is 3.08 bits per heavy atom. The Labute approximate surface area is 72.2 Å². The van der Waals surface area contributed by atoms with Crippen molar-refractivity contribution in [2.45, 2.75) is 18.9 Å². The van der Waals surface area contributed by atoms with E-state index in [-0.39, 0.29) is 6.04 Å². The maximum Gasteiger partial charge on any atom is 0.0935 e. The summed E-state index contributed by atoms with van der Waals surface area (Å²) in [5.74, 6) is 5.35. The average molecular weight is 166 g/mol. The van der Waals surface area contributed by atoms with Crippen LogP contribution in [-0.4, -0.2) is 6.04 Å². The van der Waals surface area contributed by atoms with Gasteiger partial charge in [0.1, 0.15) is 0 Å². The number of rotatable bonds is 5. The number of hydrogen-bond acceptors (Lipinski definition) is 3. The third kappa shape index (κ3) is 2.53. The highest BCUT2D eigenvalue weighted by Crippen LogP contribution is 2.05. The summed E-state index contributed by atoms with van der Waals surface area (Å²) in [6.45, 7) is 3.66. The molecule has 1 unspecified atom stereocenters. The molecule has 66 valence electrons. The summed E-state index contributed by atoms with van der Waals surface area (Å²) < 4.78 is 4.94. The molecule has 0 aromatic carbocycles. The van der Waals surface area contributed by atoms with E-state index in [1.165, 1.54) is 0 Å². The zero-order valence-corrected chi connectivity index (χ0v) is 6.99. The van der Waals surface area contributed by atoms with Gasteiger partial charge in [-0.3, -0.25) is 11.3 Å². The quantitative estimate of drug-likeness (QED) is 0.393. The number of nitrogens with one attached hydrogen (secondary N) is 1. The van der Waals surface area contributed by atoms with Crippen LogP contribution < -0.4 is 11.3 Å². The average Bonchev–Trinajstić information content (AvgIpc) is 2.56. The van der Waals surface area contributed by atoms with E-state index in [1.54, 1.807) is 12.5 Å². The molecule has 0 aliphatic rings. The number of hydrazine groups is 1. The second-order valence-corrected chi connectivity index (χ2v) is 2.72. The fourth-order valence-corrected chi connectivity index (χ4v) is 1.10. The molecule has 0 spiro atoms. The molecule has 0 amide bonds. The first-order valence-corrected chi connectivity index (χ1v) is 3.95. The molecule has 1 heterocycles. The van der Waals surface area contributed by atoms with Crippen LogP contribution in [0.15, 0.2) is 35.7 Å². The van der Waals surface area contributed by atoms with Crippen molar-refractivity contribution in [3.05, 3.63) is 36.8 Å². The second kappa shape index (κ2) is 4.74. The van der Waals surface area contributed by atoms with Crippen LogP contribution in [0.5, 0.6) is 0 Å². The van der Waals surface area contributed by atoms with Gasteiger partial charge < -0.3 is 4.42 Å². The van der Waals surface area contributed by atoms with Crippen molar-refractivity contribution >= 4 is 0 Å². The molecule has 1 atom stereocenters. The molecule has 12 heavy (non-hydrogen) atoms. The summed E-state index contributed by atoms with van der Waals surface area (Å²) in [7, 11) is 0. The number of furan rings is 1. The van der Waals surface area contributed by atoms with Crippen molar-refractivity contribution in [2.75, 3.05) is 0 Å². The van der Waals surface area contributed by atoms with Gasteiger partial charge >= 0.3 is 0 Å². The van der Waals surface area contributed by atoms with Crippen molar-refractivity contribution < 1.29 is 4.42 Å². The van der Waals surface area contributed by atoms with Gasteiger partial charge in [-0.15, -0.1) is 6.58 Å². The summed E-state index contributed by atoms with van der Waals surface area (Å²) in [6.07, 6.45) is 6.98. The molecule has 1 aromatic heterocycles. The summed E-state index contributed by atoms with van der Waals surface area (Å²) in [5, 5.41) is 0. The van der Waals surface area contributed by atoms with Crippen LogP contribution >= 0.6 is 0 Å². The molecule has 0 saturated carbocycles. The van der Waals surface area contributed by atoms with Gasteiger partial charge in [0.2, 0.25) is 0 Å². The molecular weight excluding hydrogens is 152 g/mol. The Balaban J connectivity index is 2.42. The zero-order chi connectivity index (χ0) is 8.81. The Kier molecular flexibility index (Phi) is 3.57. The van der Waals surface area contributed by atoms with Crippen molar-refractivity contribution in [1.29, 1.82) is 0 Å². The first-order chi connectivity index (χ1) is 5.86. The van der Waals surface area contributed by atoms with Gasteiger partial charge in [0.25, 0.3) is 0 Å². The highest BCUT2D eigenvalue weighted by molar-refractivity contribution is 5.07. The van der Waals surface area contributed by atoms with E-state index in [9.17, 15) is 0 Å². The highest BCUT2D eigenvalue weighted by atomic mass is 16.3. The lowest BCUT2D eigenvalue weighted by Gasteiger charge is -2.11. The van der Waals surface area contributed by atoms with Gasteiger partial charge in [0.05, 0.1) is 12.5 Å². The molecule has 0 aliphatic carbocycles. The van der Waals surface area contributed by atoms with Crippen LogP contribution in [0, 0.1) is 0 Å². The van der Waals surface area contributed by atoms with E-state index in [1.807, 2.05) is 12.1 Å². The standard InChI is InChI=1S/C9H14N2O/c1-2-3-9(11-10)6-8-4-5-12-7-8/h2,4-5,7,9,11H,1,3,6,10H2. The predicted octanol–water partition coefficient (Wildman–Crippen LogP) is 1.23. The van der Waals surface area contributed by atoms with Gasteiger partial charge in [-0.2, -0.15) is 0 Å². The monoisotopic (exact) mass is 166 g/mol. The molecule has 0 saturated heterocycles. The van der Waals surface area contributed by atoms with Crippen LogP contribution in [0.1, 0.15) is 12.0 Å². The van der Waals surface area contributed by atoms with Gasteiger partial charge in [-0.25, -0.2) is 0 Å². The minimum absolute atomic E-state index is 0.250. The van der Waals surface area contributed by atoms with E-state index in [2.05, 4.69) is 12.0 Å². The fourth-order valence-electron chi connectivity index (χ4n) is 1.10. The summed E-state index contributed by atoms with van der Waals surface area (Å²) in [5.41, 5.74) is 3.88. The molecule has 3 heteroatoms. The maximum atomic E-state index is 5.35. The molecule has 0 bridgehead atoms. The largest absolute Gasteiger partial charge is 0.472 e. The topological polar surface area (TPSA) is 51.2 Å². The van der Waals surface area contributed by atoms with Crippen molar-refractivity contribution in [3.8, 4) is 0 Å². The summed E-state index contributed by atoms with van der Waals surface area (Å²) in [6, 6.07) is 2.19. The molecule has 0 radical (unpaired) electrons. The third-order valence-corrected chi connectivity index (χ3v) is 1.75. The third-order valence-electron chi connectivity index (χ3n) is 1.75. The highest BCUT2D eigenvalue weighted by Gasteiger charge is 2.05. The fraction of sp³-hybridized carbons (Fsp3) is 0.333. The van der Waals surface area contributed by atoms with Crippen LogP contribution in [-0.2, 0) is 6.42 Å². The molecule has 1 rings (SSSR count). The van der Waals surface area contributed by atoms with Crippen LogP contribution in [0.3, 0.4) is 0 Å². The minimum atomic E-state index is 0.250. The van der Waals surface area contributed by atoms with Gasteiger partial charge in [-0.1, -0.05) is 6.08 Å². The Morgan fingerprint density at radius 2 is 2.58 bits per heavy atom. The van der Waals surface area contributed by atoms with Crippen LogP contribution in [0.25, 0.3) is 0 Å². The second-order valence-electron chi connectivity index (χ2n) is 2.72. The SMILES string of the molecule is C=CCC(Cc1ccoc1)NN. The van der Waals surface area contributed by atoms with Crippen molar-refractivity contribution in [3.63, 3.8) is 0 Å². The van der Waals surface area contributed by atoms with E-state index >= 15 is 0 Å². The van der Waals surface area contributed by atoms with Gasteiger partial charge in [0.15, 0.2) is 0 Å². The van der Waals surface area contributed by atoms with Crippen molar-refractivity contribution in [1.82, 2.24) is 5.43 Å². The molecule has 3 N–H and O–H groups in total. The summed E-state index contributed by atoms with van der Waals surface area (Å²) >= 11 is 0. The van der Waals surface area contributed by atoms with Crippen LogP contribution in [0.4, 0.5) is 0 Å². The van der Waals surface area contributed by atoms with E-state index in [0.29, 0.717) is 0 Å². The minimum Gasteiger partial charge on any atom is -0.472 e. The smallest absolute Gasteiger partial charge is 0.0935 e. The Hall–Kier alpha value is -1.06. The molecule has 0 aliphatic heterocycles. The normalized spacial score (nSPS) is 12.8. The van der Waals surface area contributed by atoms with E-state index in [4.69, 9.17) is 10.3 Å². The Morgan fingerprint density at radius 1 is 1.75 bits per heavy atom. The maximum absolute atomic E-state index is 5.35. The Bertz CT molecular complexity index is 218. The number of nitrogens with two attached hydrogens (primary N) is 1.